The van der Waals surface area contributed by atoms with E-state index < -0.39 is 0 Å². The fourth-order valence-electron chi connectivity index (χ4n) is 2.15. The van der Waals surface area contributed by atoms with Gasteiger partial charge in [-0.2, -0.15) is 10.5 Å². The number of aromatic amines is 1. The molecule has 3 rings (SSSR count). The second-order valence-corrected chi connectivity index (χ2v) is 4.68. The molecule has 1 heterocycles. The highest BCUT2D eigenvalue weighted by molar-refractivity contribution is 5.98. The summed E-state index contributed by atoms with van der Waals surface area (Å²) in [4.78, 5) is 0. The lowest BCUT2D eigenvalue weighted by Gasteiger charge is -2.09. The van der Waals surface area contributed by atoms with Gasteiger partial charge in [0.25, 0.3) is 0 Å². The van der Waals surface area contributed by atoms with Gasteiger partial charge in [0.15, 0.2) is 0 Å². The minimum atomic E-state index is 0.217. The highest BCUT2D eigenvalue weighted by Gasteiger charge is 2.08. The highest BCUT2D eigenvalue weighted by atomic mass is 16.3. The fraction of sp³-hybridized carbons (Fsp3) is 0.0667. The first-order valence-corrected chi connectivity index (χ1v) is 6.52. The highest BCUT2D eigenvalue weighted by Crippen LogP contribution is 2.32. The summed E-state index contributed by atoms with van der Waals surface area (Å²) in [6, 6.07) is 11.3. The molecule has 1 aromatic heterocycles. The van der Waals surface area contributed by atoms with Gasteiger partial charge in [-0.3, -0.25) is 0 Å². The first-order valence-electron chi connectivity index (χ1n) is 6.52. The number of allylic oxidation sites excluding steroid dienone is 1. The molecule has 0 saturated carbocycles. The van der Waals surface area contributed by atoms with Crippen LogP contribution in [-0.2, 0) is 0 Å². The monoisotopic (exact) mass is 292 g/mol. The Hall–Kier alpha value is -3.40. The van der Waals surface area contributed by atoms with Crippen LogP contribution in [-0.4, -0.2) is 25.7 Å². The Bertz CT molecular complexity index is 892. The third kappa shape index (κ3) is 2.33. The van der Waals surface area contributed by atoms with Gasteiger partial charge in [-0.1, -0.05) is 24.3 Å². The van der Waals surface area contributed by atoms with E-state index in [9.17, 15) is 5.11 Å². The van der Waals surface area contributed by atoms with Crippen molar-refractivity contribution in [1.29, 1.82) is 5.26 Å². The summed E-state index contributed by atoms with van der Waals surface area (Å²) in [6.07, 6.45) is 1.51. The molecule has 0 amide bonds. The number of aryl methyl sites for hydroxylation is 1. The fourth-order valence-corrected chi connectivity index (χ4v) is 2.15. The number of aromatic hydroxyl groups is 1. The van der Waals surface area contributed by atoms with Gasteiger partial charge in [0.2, 0.25) is 5.82 Å². The van der Waals surface area contributed by atoms with Gasteiger partial charge < -0.3 is 10.4 Å². The molecule has 3 N–H and O–H groups in total. The molecule has 7 heteroatoms. The largest absolute Gasteiger partial charge is 0.507 e. The molecule has 3 aromatic rings. The lowest BCUT2D eigenvalue weighted by atomic mass is 10.0. The van der Waals surface area contributed by atoms with Crippen LogP contribution in [0.3, 0.4) is 0 Å². The molecule has 0 spiro atoms. The predicted molar refractivity (Wildman–Crippen MR) is 81.7 cm³/mol. The number of benzene rings is 2. The summed E-state index contributed by atoms with van der Waals surface area (Å²) in [5.74, 6) is 0.470. The maximum Gasteiger partial charge on any atom is 0.216 e. The number of phenols is 1. The van der Waals surface area contributed by atoms with Gasteiger partial charge in [0.05, 0.1) is 0 Å². The Morgan fingerprint density at radius 2 is 2.18 bits per heavy atom. The third-order valence-electron chi connectivity index (χ3n) is 3.31. The summed E-state index contributed by atoms with van der Waals surface area (Å²) in [6.45, 7) is 1.85. The van der Waals surface area contributed by atoms with Crippen LogP contribution < -0.4 is 5.32 Å². The molecule has 0 saturated heterocycles. The molecule has 0 aliphatic rings. The van der Waals surface area contributed by atoms with Gasteiger partial charge in [-0.25, -0.2) is 0 Å². The number of hydrogen-bond donors (Lipinski definition) is 3. The minimum Gasteiger partial charge on any atom is -0.507 e. The van der Waals surface area contributed by atoms with E-state index in [4.69, 9.17) is 5.26 Å². The van der Waals surface area contributed by atoms with Crippen LogP contribution in [0, 0.1) is 18.3 Å². The molecule has 0 aliphatic heterocycles. The molecule has 0 radical (unpaired) electrons. The van der Waals surface area contributed by atoms with Crippen molar-refractivity contribution in [3.63, 3.8) is 0 Å². The van der Waals surface area contributed by atoms with Crippen LogP contribution in [0.5, 0.6) is 5.75 Å². The molecule has 0 atom stereocenters. The number of nitriles is 1. The van der Waals surface area contributed by atoms with E-state index in [1.807, 2.05) is 43.3 Å². The smallest absolute Gasteiger partial charge is 0.216 e. The van der Waals surface area contributed by atoms with Crippen LogP contribution >= 0.6 is 0 Å². The molecule has 0 unspecified atom stereocenters. The Kier molecular flexibility index (Phi) is 3.42. The number of anilines is 1. The average Bonchev–Trinajstić information content (AvgIpc) is 3.06. The van der Waals surface area contributed by atoms with E-state index in [0.29, 0.717) is 0 Å². The normalized spacial score (nSPS) is 11.4. The van der Waals surface area contributed by atoms with Crippen molar-refractivity contribution in [2.45, 2.75) is 6.92 Å². The lowest BCUT2D eigenvalue weighted by Crippen LogP contribution is -1.94. The van der Waals surface area contributed by atoms with Crippen molar-refractivity contribution in [2.75, 3.05) is 5.32 Å². The Morgan fingerprint density at radius 3 is 2.91 bits per heavy atom. The van der Waals surface area contributed by atoms with E-state index in [2.05, 4.69) is 25.9 Å². The van der Waals surface area contributed by atoms with E-state index in [1.54, 1.807) is 0 Å². The average molecular weight is 292 g/mol. The number of tetrazole rings is 1. The minimum absolute atomic E-state index is 0.217. The zero-order valence-corrected chi connectivity index (χ0v) is 11.7. The maximum atomic E-state index is 10.1. The molecular formula is C15H12N6O. The Balaban J connectivity index is 2.02. The summed E-state index contributed by atoms with van der Waals surface area (Å²) < 4.78 is 0. The maximum absolute atomic E-state index is 10.1. The number of nitrogens with one attached hydrogen (secondary N) is 2. The quantitative estimate of drug-likeness (QED) is 0.639. The van der Waals surface area contributed by atoms with Crippen LogP contribution in [0.4, 0.5) is 5.69 Å². The predicted octanol–water partition coefficient (Wildman–Crippen LogP) is 2.34. The van der Waals surface area contributed by atoms with Gasteiger partial charge in [-0.15, -0.1) is 10.2 Å². The zero-order chi connectivity index (χ0) is 15.5. The molecule has 7 nitrogen and oxygen atoms in total. The number of phenolic OH excluding ortho intramolecular Hbond substituents is 1. The van der Waals surface area contributed by atoms with E-state index in [1.165, 1.54) is 6.20 Å². The second-order valence-electron chi connectivity index (χ2n) is 4.68. The molecule has 2 aromatic carbocycles. The van der Waals surface area contributed by atoms with Gasteiger partial charge >= 0.3 is 0 Å². The first kappa shape index (κ1) is 13.6. The second kappa shape index (κ2) is 5.54. The van der Waals surface area contributed by atoms with Crippen LogP contribution in [0.15, 0.2) is 36.5 Å². The van der Waals surface area contributed by atoms with Crippen molar-refractivity contribution in [1.82, 2.24) is 20.6 Å². The number of nitrogens with zero attached hydrogens (tertiary/aromatic N) is 4. The molecule has 108 valence electrons. The van der Waals surface area contributed by atoms with Crippen molar-refractivity contribution in [3.05, 3.63) is 47.9 Å². The van der Waals surface area contributed by atoms with Crippen LogP contribution in [0.25, 0.3) is 16.3 Å². The summed E-state index contributed by atoms with van der Waals surface area (Å²) in [5, 5.41) is 37.2. The van der Waals surface area contributed by atoms with Crippen molar-refractivity contribution < 1.29 is 5.11 Å². The molecule has 22 heavy (non-hydrogen) atoms. The molecule has 0 aliphatic carbocycles. The lowest BCUT2D eigenvalue weighted by molar-refractivity contribution is 0.477. The SMILES string of the molecule is Cc1ccc2c(NC=C(C#N)c3nn[nH]n3)cccc2c1O. The molecule has 0 bridgehead atoms. The standard InChI is InChI=1S/C15H12N6O/c1-9-5-6-11-12(14(9)22)3-2-4-13(11)17-8-10(7-16)15-18-20-21-19-15/h2-6,8,17,22H,1H3,(H,18,19,20,21). The van der Waals surface area contributed by atoms with E-state index >= 15 is 0 Å². The number of H-pyrrole nitrogens is 1. The van der Waals surface area contributed by atoms with Crippen LogP contribution in [0.1, 0.15) is 11.4 Å². The van der Waals surface area contributed by atoms with Crippen LogP contribution in [0.2, 0.25) is 0 Å². The van der Waals surface area contributed by atoms with Crippen molar-refractivity contribution in [2.24, 2.45) is 0 Å². The first-order chi connectivity index (χ1) is 10.7. The topological polar surface area (TPSA) is 111 Å². The zero-order valence-electron chi connectivity index (χ0n) is 11.7. The van der Waals surface area contributed by atoms with E-state index in [-0.39, 0.29) is 17.1 Å². The van der Waals surface area contributed by atoms with Gasteiger partial charge in [0, 0.05) is 22.7 Å². The number of fused-ring (bicyclic) bond motifs is 1. The number of rotatable bonds is 3. The van der Waals surface area contributed by atoms with Crippen molar-refractivity contribution >= 4 is 22.0 Å². The van der Waals surface area contributed by atoms with E-state index in [0.717, 1.165) is 22.0 Å². The Labute approximate surface area is 125 Å². The summed E-state index contributed by atoms with van der Waals surface area (Å²) in [7, 11) is 0. The third-order valence-corrected chi connectivity index (χ3v) is 3.31. The number of aromatic nitrogens is 4. The summed E-state index contributed by atoms with van der Waals surface area (Å²) >= 11 is 0. The summed E-state index contributed by atoms with van der Waals surface area (Å²) in [5.41, 5.74) is 1.83. The Morgan fingerprint density at radius 1 is 1.32 bits per heavy atom. The molecular weight excluding hydrogens is 280 g/mol. The van der Waals surface area contributed by atoms with Crippen molar-refractivity contribution in [3.8, 4) is 11.8 Å². The van der Waals surface area contributed by atoms with Gasteiger partial charge in [0.1, 0.15) is 17.4 Å². The molecule has 0 fully saturated rings. The van der Waals surface area contributed by atoms with Gasteiger partial charge in [-0.05, 0) is 23.8 Å². The number of hydrogen-bond acceptors (Lipinski definition) is 6.